The molecule has 3 aliphatic rings. The predicted octanol–water partition coefficient (Wildman–Crippen LogP) is 2.37. The molecule has 4 heteroatoms. The molecule has 0 radical (unpaired) electrons. The number of imide groups is 1. The summed E-state index contributed by atoms with van der Waals surface area (Å²) >= 11 is 0. The lowest BCUT2D eigenvalue weighted by atomic mass is 9.79. The summed E-state index contributed by atoms with van der Waals surface area (Å²) in [6.45, 7) is 2.23. The minimum atomic E-state index is -0.113. The third kappa shape index (κ3) is 2.28. The van der Waals surface area contributed by atoms with Gasteiger partial charge in [-0.05, 0) is 38.0 Å². The highest BCUT2D eigenvalue weighted by atomic mass is 16.5. The molecule has 0 bridgehead atoms. The zero-order valence-corrected chi connectivity index (χ0v) is 12.5. The van der Waals surface area contributed by atoms with Gasteiger partial charge in [-0.1, -0.05) is 19.8 Å². The van der Waals surface area contributed by atoms with Crippen LogP contribution in [-0.4, -0.2) is 36.0 Å². The highest BCUT2D eigenvalue weighted by Crippen LogP contribution is 2.42. The lowest BCUT2D eigenvalue weighted by molar-refractivity contribution is -0.143. The summed E-state index contributed by atoms with van der Waals surface area (Å²) in [6.07, 6.45) is 6.95. The molecular formula is C16H25NO3. The molecule has 0 N–H and O–H groups in total. The zero-order valence-electron chi connectivity index (χ0n) is 12.5. The first-order valence-corrected chi connectivity index (χ1v) is 8.01. The van der Waals surface area contributed by atoms with Gasteiger partial charge in [-0.2, -0.15) is 0 Å². The van der Waals surface area contributed by atoms with E-state index in [-0.39, 0.29) is 35.8 Å². The monoisotopic (exact) mass is 279 g/mol. The Balaban J connectivity index is 1.76. The van der Waals surface area contributed by atoms with Crippen LogP contribution in [0.5, 0.6) is 0 Å². The Morgan fingerprint density at radius 1 is 1.00 bits per heavy atom. The van der Waals surface area contributed by atoms with Crippen molar-refractivity contribution in [1.82, 2.24) is 4.90 Å². The molecule has 2 saturated carbocycles. The topological polar surface area (TPSA) is 46.6 Å². The average molecular weight is 279 g/mol. The van der Waals surface area contributed by atoms with Crippen molar-refractivity contribution in [2.75, 3.05) is 7.11 Å². The van der Waals surface area contributed by atoms with Crippen molar-refractivity contribution in [3.05, 3.63) is 0 Å². The fraction of sp³-hybridized carbons (Fsp3) is 0.875. The molecule has 3 fully saturated rings. The fourth-order valence-electron chi connectivity index (χ4n) is 4.38. The van der Waals surface area contributed by atoms with E-state index >= 15 is 0 Å². The minimum Gasteiger partial charge on any atom is -0.381 e. The van der Waals surface area contributed by atoms with Crippen LogP contribution in [0.15, 0.2) is 0 Å². The van der Waals surface area contributed by atoms with Crippen molar-refractivity contribution >= 4 is 11.8 Å². The minimum absolute atomic E-state index is 0.0638. The second kappa shape index (κ2) is 5.47. The van der Waals surface area contributed by atoms with Gasteiger partial charge in [0, 0.05) is 13.2 Å². The van der Waals surface area contributed by atoms with Gasteiger partial charge in [-0.15, -0.1) is 0 Å². The quantitative estimate of drug-likeness (QED) is 0.729. The van der Waals surface area contributed by atoms with Gasteiger partial charge in [-0.3, -0.25) is 14.5 Å². The maximum Gasteiger partial charge on any atom is 0.233 e. The molecule has 1 saturated heterocycles. The van der Waals surface area contributed by atoms with E-state index in [2.05, 4.69) is 6.92 Å². The molecule has 4 nitrogen and oxygen atoms in total. The van der Waals surface area contributed by atoms with Crippen LogP contribution in [-0.2, 0) is 14.3 Å². The molecule has 0 spiro atoms. The van der Waals surface area contributed by atoms with Crippen LogP contribution in [0.4, 0.5) is 0 Å². The molecule has 3 rings (SSSR count). The summed E-state index contributed by atoms with van der Waals surface area (Å²) < 4.78 is 5.40. The number of likely N-dealkylation sites (tertiary alicyclic amines) is 1. The lowest BCUT2D eigenvalue weighted by Gasteiger charge is -2.33. The summed E-state index contributed by atoms with van der Waals surface area (Å²) in [5.74, 6) is 0.641. The van der Waals surface area contributed by atoms with Crippen LogP contribution >= 0.6 is 0 Å². The summed E-state index contributed by atoms with van der Waals surface area (Å²) in [5, 5.41) is 0. The van der Waals surface area contributed by atoms with Crippen LogP contribution < -0.4 is 0 Å². The van der Waals surface area contributed by atoms with Gasteiger partial charge in [-0.25, -0.2) is 0 Å². The molecule has 0 aromatic rings. The van der Waals surface area contributed by atoms with Gasteiger partial charge in [0.1, 0.15) is 0 Å². The Kier molecular flexibility index (Phi) is 3.85. The molecule has 112 valence electrons. The van der Waals surface area contributed by atoms with E-state index in [0.29, 0.717) is 5.92 Å². The second-order valence-corrected chi connectivity index (χ2v) is 6.86. The maximum atomic E-state index is 12.7. The summed E-state index contributed by atoms with van der Waals surface area (Å²) in [7, 11) is 1.70. The van der Waals surface area contributed by atoms with E-state index in [9.17, 15) is 9.59 Å². The van der Waals surface area contributed by atoms with Crippen molar-refractivity contribution in [2.45, 2.75) is 64.0 Å². The van der Waals surface area contributed by atoms with Crippen LogP contribution in [0, 0.1) is 17.8 Å². The average Bonchev–Trinajstić information content (AvgIpc) is 2.70. The van der Waals surface area contributed by atoms with E-state index in [4.69, 9.17) is 4.74 Å². The largest absolute Gasteiger partial charge is 0.381 e. The number of hydrogen-bond acceptors (Lipinski definition) is 3. The first-order valence-electron chi connectivity index (χ1n) is 8.01. The molecule has 1 aliphatic heterocycles. The number of amides is 2. The Labute approximate surface area is 120 Å². The number of rotatable bonds is 2. The second-order valence-electron chi connectivity index (χ2n) is 6.86. The number of carbonyl (C=O) groups excluding carboxylic acids is 2. The lowest BCUT2D eigenvalue weighted by Crippen LogP contribution is -2.43. The van der Waals surface area contributed by atoms with Gasteiger partial charge in [0.15, 0.2) is 0 Å². The van der Waals surface area contributed by atoms with Gasteiger partial charge >= 0.3 is 0 Å². The Morgan fingerprint density at radius 3 is 2.45 bits per heavy atom. The molecule has 0 aromatic heterocycles. The summed E-state index contributed by atoms with van der Waals surface area (Å²) in [4.78, 5) is 26.9. The molecule has 5 atom stereocenters. The molecular weight excluding hydrogens is 254 g/mol. The first kappa shape index (κ1) is 14.1. The third-order valence-electron chi connectivity index (χ3n) is 5.52. The SMILES string of the molecule is COC1CCC2C(=O)N(C3CCCC(C)C3)C(=O)C2C1. The van der Waals surface area contributed by atoms with Gasteiger partial charge < -0.3 is 4.74 Å². The van der Waals surface area contributed by atoms with Crippen LogP contribution in [0.25, 0.3) is 0 Å². The first-order chi connectivity index (χ1) is 9.61. The number of carbonyl (C=O) groups is 2. The molecule has 5 unspecified atom stereocenters. The standard InChI is InChI=1S/C16H25NO3/c1-10-4-3-5-11(8-10)17-15(18)13-7-6-12(20-2)9-14(13)16(17)19/h10-14H,3-9H2,1-2H3. The number of methoxy groups -OCH3 is 1. The number of ether oxygens (including phenoxy) is 1. The predicted molar refractivity (Wildman–Crippen MR) is 74.9 cm³/mol. The summed E-state index contributed by atoms with van der Waals surface area (Å²) in [6, 6.07) is 0.158. The van der Waals surface area contributed by atoms with Gasteiger partial charge in [0.2, 0.25) is 11.8 Å². The van der Waals surface area contributed by atoms with Crippen molar-refractivity contribution in [2.24, 2.45) is 17.8 Å². The molecule has 20 heavy (non-hydrogen) atoms. The Hall–Kier alpha value is -0.900. The van der Waals surface area contributed by atoms with Crippen LogP contribution in [0.2, 0.25) is 0 Å². The smallest absolute Gasteiger partial charge is 0.233 e. The van der Waals surface area contributed by atoms with Crippen molar-refractivity contribution in [3.63, 3.8) is 0 Å². The number of nitrogens with zero attached hydrogens (tertiary/aromatic N) is 1. The number of hydrogen-bond donors (Lipinski definition) is 0. The number of fused-ring (bicyclic) bond motifs is 1. The van der Waals surface area contributed by atoms with Gasteiger partial charge in [0.05, 0.1) is 17.9 Å². The molecule has 2 aliphatic carbocycles. The van der Waals surface area contributed by atoms with E-state index < -0.39 is 0 Å². The van der Waals surface area contributed by atoms with Crippen molar-refractivity contribution in [3.8, 4) is 0 Å². The van der Waals surface area contributed by atoms with E-state index in [1.54, 1.807) is 12.0 Å². The molecule has 2 amide bonds. The zero-order chi connectivity index (χ0) is 14.3. The van der Waals surface area contributed by atoms with Crippen molar-refractivity contribution < 1.29 is 14.3 Å². The highest BCUT2D eigenvalue weighted by Gasteiger charge is 2.52. The normalized spacial score (nSPS) is 41.9. The van der Waals surface area contributed by atoms with E-state index in [1.807, 2.05) is 0 Å². The van der Waals surface area contributed by atoms with Crippen molar-refractivity contribution in [1.29, 1.82) is 0 Å². The Bertz CT molecular complexity index is 409. The van der Waals surface area contributed by atoms with Crippen LogP contribution in [0.3, 0.4) is 0 Å². The fourth-order valence-corrected chi connectivity index (χ4v) is 4.38. The molecule has 0 aromatic carbocycles. The van der Waals surface area contributed by atoms with Crippen LogP contribution in [0.1, 0.15) is 51.9 Å². The van der Waals surface area contributed by atoms with E-state index in [1.165, 1.54) is 6.42 Å². The Morgan fingerprint density at radius 2 is 1.75 bits per heavy atom. The molecule has 1 heterocycles. The van der Waals surface area contributed by atoms with E-state index in [0.717, 1.165) is 38.5 Å². The highest BCUT2D eigenvalue weighted by molar-refractivity contribution is 6.05. The maximum absolute atomic E-state index is 12.7. The third-order valence-corrected chi connectivity index (χ3v) is 5.52. The summed E-state index contributed by atoms with van der Waals surface area (Å²) in [5.41, 5.74) is 0. The van der Waals surface area contributed by atoms with Gasteiger partial charge in [0.25, 0.3) is 0 Å².